The number of hydrogen-bond acceptors (Lipinski definition) is 6. The van der Waals surface area contributed by atoms with Gasteiger partial charge in [-0.05, 0) is 13.8 Å². The molecule has 7 heteroatoms. The lowest BCUT2D eigenvalue weighted by Crippen LogP contribution is -2.28. The van der Waals surface area contributed by atoms with Gasteiger partial charge >= 0.3 is 11.9 Å². The highest BCUT2D eigenvalue weighted by molar-refractivity contribution is 5.78. The minimum absolute atomic E-state index is 0.0963. The molecule has 1 rings (SSSR count). The van der Waals surface area contributed by atoms with Gasteiger partial charge in [0.2, 0.25) is 0 Å². The van der Waals surface area contributed by atoms with E-state index in [9.17, 15) is 9.59 Å². The number of aromatic nitrogens is 2. The maximum atomic E-state index is 11.4. The molecule has 0 aliphatic rings. The Morgan fingerprint density at radius 1 is 1.59 bits per heavy atom. The summed E-state index contributed by atoms with van der Waals surface area (Å²) in [5.41, 5.74) is 5.89. The molecular weight excluding hydrogens is 226 g/mol. The van der Waals surface area contributed by atoms with Crippen LogP contribution in [-0.4, -0.2) is 34.4 Å². The summed E-state index contributed by atoms with van der Waals surface area (Å²) in [4.78, 5) is 22.6. The lowest BCUT2D eigenvalue weighted by atomic mass is 10.4. The van der Waals surface area contributed by atoms with E-state index in [4.69, 9.17) is 15.2 Å². The molecule has 0 aliphatic carbocycles. The van der Waals surface area contributed by atoms with Crippen LogP contribution in [0.1, 0.15) is 13.8 Å². The van der Waals surface area contributed by atoms with Crippen molar-refractivity contribution in [3.05, 3.63) is 12.4 Å². The Balaban J connectivity index is 2.41. The summed E-state index contributed by atoms with van der Waals surface area (Å²) >= 11 is 0. The fourth-order valence-corrected chi connectivity index (χ4v) is 1.14. The Morgan fingerprint density at radius 3 is 2.82 bits per heavy atom. The summed E-state index contributed by atoms with van der Waals surface area (Å²) < 4.78 is 10.9. The van der Waals surface area contributed by atoms with E-state index >= 15 is 0 Å². The van der Waals surface area contributed by atoms with E-state index in [1.54, 1.807) is 6.92 Å². The zero-order valence-electron chi connectivity index (χ0n) is 9.75. The molecule has 0 aromatic carbocycles. The highest BCUT2D eigenvalue weighted by atomic mass is 16.6. The Bertz CT molecular complexity index is 402. The number of carbonyl (C=O) groups excluding carboxylic acids is 2. The van der Waals surface area contributed by atoms with Gasteiger partial charge in [-0.3, -0.25) is 9.48 Å². The van der Waals surface area contributed by atoms with Crippen molar-refractivity contribution in [3.63, 3.8) is 0 Å². The molecule has 0 saturated heterocycles. The quantitative estimate of drug-likeness (QED) is 0.726. The lowest BCUT2D eigenvalue weighted by molar-refractivity contribution is -0.166. The van der Waals surface area contributed by atoms with Crippen molar-refractivity contribution in [1.82, 2.24) is 9.78 Å². The third-order valence-electron chi connectivity index (χ3n) is 1.87. The molecule has 0 saturated carbocycles. The van der Waals surface area contributed by atoms with Crippen LogP contribution in [0.2, 0.25) is 0 Å². The van der Waals surface area contributed by atoms with Crippen molar-refractivity contribution in [3.8, 4) is 0 Å². The molecule has 0 amide bonds. The molecule has 1 atom stereocenters. The molecule has 17 heavy (non-hydrogen) atoms. The average Bonchev–Trinajstić information content (AvgIpc) is 2.64. The number of anilines is 1. The Morgan fingerprint density at radius 2 is 2.29 bits per heavy atom. The monoisotopic (exact) mass is 241 g/mol. The zero-order valence-corrected chi connectivity index (χ0v) is 9.75. The number of carbonyl (C=O) groups is 2. The molecule has 2 N–H and O–H groups in total. The van der Waals surface area contributed by atoms with E-state index in [-0.39, 0.29) is 13.2 Å². The van der Waals surface area contributed by atoms with Crippen molar-refractivity contribution >= 4 is 17.6 Å². The number of rotatable bonds is 5. The summed E-state index contributed by atoms with van der Waals surface area (Å²) in [5, 5.41) is 3.82. The first-order chi connectivity index (χ1) is 8.02. The minimum Gasteiger partial charge on any atom is -0.463 e. The van der Waals surface area contributed by atoms with Crippen molar-refractivity contribution in [2.45, 2.75) is 26.5 Å². The first-order valence-electron chi connectivity index (χ1n) is 5.17. The summed E-state index contributed by atoms with van der Waals surface area (Å²) in [5.74, 6) is -1.14. The van der Waals surface area contributed by atoms with Crippen LogP contribution in [0.5, 0.6) is 0 Å². The summed E-state index contributed by atoms with van der Waals surface area (Å²) in [6.07, 6.45) is 1.99. The second-order valence-corrected chi connectivity index (χ2v) is 3.36. The van der Waals surface area contributed by atoms with Gasteiger partial charge in [0.05, 0.1) is 18.5 Å². The number of hydrogen-bond donors (Lipinski definition) is 1. The van der Waals surface area contributed by atoms with Gasteiger partial charge in [0.15, 0.2) is 6.10 Å². The van der Waals surface area contributed by atoms with Gasteiger partial charge in [-0.25, -0.2) is 4.79 Å². The standard InChI is InChI=1S/C10H15N3O4/c1-3-16-10(15)7(2)17-9(14)6-13-5-8(11)4-12-13/h4-5,7H,3,6,11H2,1-2H3. The minimum atomic E-state index is -0.921. The second-order valence-electron chi connectivity index (χ2n) is 3.36. The Kier molecular flexibility index (Phi) is 4.50. The van der Waals surface area contributed by atoms with E-state index in [1.165, 1.54) is 24.0 Å². The predicted molar refractivity (Wildman–Crippen MR) is 58.8 cm³/mol. The third-order valence-corrected chi connectivity index (χ3v) is 1.87. The van der Waals surface area contributed by atoms with E-state index < -0.39 is 18.0 Å². The normalized spacial score (nSPS) is 11.9. The van der Waals surface area contributed by atoms with Crippen molar-refractivity contribution in [2.75, 3.05) is 12.3 Å². The molecule has 0 aliphatic heterocycles. The van der Waals surface area contributed by atoms with Crippen LogP contribution in [0.25, 0.3) is 0 Å². The lowest BCUT2D eigenvalue weighted by Gasteiger charge is -2.11. The average molecular weight is 241 g/mol. The van der Waals surface area contributed by atoms with Crippen molar-refractivity contribution in [1.29, 1.82) is 0 Å². The van der Waals surface area contributed by atoms with Crippen molar-refractivity contribution in [2.24, 2.45) is 0 Å². The van der Waals surface area contributed by atoms with Gasteiger partial charge in [0, 0.05) is 6.20 Å². The number of nitrogen functional groups attached to an aromatic ring is 1. The second kappa shape index (κ2) is 5.88. The van der Waals surface area contributed by atoms with E-state index in [1.807, 2.05) is 0 Å². The molecule has 1 unspecified atom stereocenters. The SMILES string of the molecule is CCOC(=O)C(C)OC(=O)Cn1cc(N)cn1. The van der Waals surface area contributed by atoms with Crippen LogP contribution in [0.4, 0.5) is 5.69 Å². The number of ether oxygens (including phenoxy) is 2. The van der Waals surface area contributed by atoms with Gasteiger partial charge in [-0.15, -0.1) is 0 Å². The van der Waals surface area contributed by atoms with Crippen LogP contribution in [0.15, 0.2) is 12.4 Å². The molecule has 1 heterocycles. The fraction of sp³-hybridized carbons (Fsp3) is 0.500. The molecule has 0 bridgehead atoms. The van der Waals surface area contributed by atoms with Crippen LogP contribution in [0, 0.1) is 0 Å². The number of nitrogens with zero attached hydrogens (tertiary/aromatic N) is 2. The van der Waals surface area contributed by atoms with Gasteiger partial charge in [0.25, 0.3) is 0 Å². The molecule has 1 aromatic heterocycles. The number of nitrogens with two attached hydrogens (primary N) is 1. The van der Waals surface area contributed by atoms with Crippen LogP contribution in [-0.2, 0) is 25.6 Å². The smallest absolute Gasteiger partial charge is 0.347 e. The zero-order chi connectivity index (χ0) is 12.8. The maximum absolute atomic E-state index is 11.4. The summed E-state index contributed by atoms with van der Waals surface area (Å²) in [6, 6.07) is 0. The molecule has 0 fully saturated rings. The summed E-state index contributed by atoms with van der Waals surface area (Å²) in [7, 11) is 0. The van der Waals surface area contributed by atoms with Crippen LogP contribution >= 0.6 is 0 Å². The maximum Gasteiger partial charge on any atom is 0.347 e. The first kappa shape index (κ1) is 13.0. The molecular formula is C10H15N3O4. The molecule has 0 spiro atoms. The van der Waals surface area contributed by atoms with Crippen LogP contribution < -0.4 is 5.73 Å². The Labute approximate surface area is 98.5 Å². The predicted octanol–water partition coefficient (Wildman–Crippen LogP) is -0.0399. The van der Waals surface area contributed by atoms with Crippen LogP contribution in [0.3, 0.4) is 0 Å². The number of esters is 2. The molecule has 94 valence electrons. The third kappa shape index (κ3) is 4.13. The van der Waals surface area contributed by atoms with Crippen molar-refractivity contribution < 1.29 is 19.1 Å². The molecule has 7 nitrogen and oxygen atoms in total. The highest BCUT2D eigenvalue weighted by Gasteiger charge is 2.18. The van der Waals surface area contributed by atoms with Gasteiger partial charge < -0.3 is 15.2 Å². The van der Waals surface area contributed by atoms with E-state index in [2.05, 4.69) is 5.10 Å². The first-order valence-corrected chi connectivity index (χ1v) is 5.17. The van der Waals surface area contributed by atoms with Gasteiger partial charge in [-0.2, -0.15) is 5.10 Å². The topological polar surface area (TPSA) is 96.4 Å². The van der Waals surface area contributed by atoms with E-state index in [0.717, 1.165) is 0 Å². The molecule has 1 aromatic rings. The highest BCUT2D eigenvalue weighted by Crippen LogP contribution is 2.00. The molecule has 0 radical (unpaired) electrons. The largest absolute Gasteiger partial charge is 0.463 e. The summed E-state index contributed by atoms with van der Waals surface area (Å²) in [6.45, 7) is 3.28. The van der Waals surface area contributed by atoms with Gasteiger partial charge in [0.1, 0.15) is 6.54 Å². The van der Waals surface area contributed by atoms with Gasteiger partial charge in [-0.1, -0.05) is 0 Å². The van der Waals surface area contributed by atoms with E-state index in [0.29, 0.717) is 5.69 Å². The Hall–Kier alpha value is -2.05. The fourth-order valence-electron chi connectivity index (χ4n) is 1.14.